The maximum atomic E-state index is 9.80. The summed E-state index contributed by atoms with van der Waals surface area (Å²) in [5.41, 5.74) is -1.76. The highest BCUT2D eigenvalue weighted by Gasteiger charge is 2.49. The fraction of sp³-hybridized carbons (Fsp3) is 0.750. The second-order valence-corrected chi connectivity index (χ2v) is 3.00. The summed E-state index contributed by atoms with van der Waals surface area (Å²) >= 11 is 0. The van der Waals surface area contributed by atoms with Crippen LogP contribution in [0.15, 0.2) is 12.7 Å². The van der Waals surface area contributed by atoms with Crippen molar-refractivity contribution in [2.45, 2.75) is 24.1 Å². The number of methoxy groups -OCH3 is 1. The van der Waals surface area contributed by atoms with Gasteiger partial charge in [0.2, 0.25) is 0 Å². The summed E-state index contributed by atoms with van der Waals surface area (Å²) in [4.78, 5) is 0. The number of hydrogen-bond donors (Lipinski definition) is 3. The largest absolute Gasteiger partial charge is 0.388 e. The third-order valence-electron chi connectivity index (χ3n) is 2.18. The molecule has 4 atom stereocenters. The van der Waals surface area contributed by atoms with Crippen LogP contribution >= 0.6 is 0 Å². The quantitative estimate of drug-likeness (QED) is 0.468. The van der Waals surface area contributed by atoms with Gasteiger partial charge in [0, 0.05) is 7.11 Å². The van der Waals surface area contributed by atoms with Crippen LogP contribution in [-0.2, 0) is 9.47 Å². The number of aliphatic hydroxyl groups excluding tert-OH is 2. The molecule has 1 aliphatic rings. The summed E-state index contributed by atoms with van der Waals surface area (Å²) in [6, 6.07) is 0. The van der Waals surface area contributed by atoms with Crippen molar-refractivity contribution in [1.29, 1.82) is 0 Å². The van der Waals surface area contributed by atoms with Crippen molar-refractivity contribution in [1.82, 2.24) is 0 Å². The van der Waals surface area contributed by atoms with Crippen molar-refractivity contribution < 1.29 is 24.8 Å². The molecule has 1 saturated heterocycles. The molecule has 5 heteroatoms. The van der Waals surface area contributed by atoms with Gasteiger partial charge in [-0.2, -0.15) is 0 Å². The van der Waals surface area contributed by atoms with Gasteiger partial charge >= 0.3 is 0 Å². The normalized spacial score (nSPS) is 46.0. The van der Waals surface area contributed by atoms with Gasteiger partial charge in [-0.3, -0.25) is 0 Å². The molecular weight excluding hydrogens is 176 g/mol. The van der Waals surface area contributed by atoms with Crippen LogP contribution in [0, 0.1) is 0 Å². The van der Waals surface area contributed by atoms with Crippen molar-refractivity contribution >= 4 is 0 Å². The summed E-state index contributed by atoms with van der Waals surface area (Å²) in [7, 11) is 1.34. The smallest absolute Gasteiger partial charge is 0.192 e. The predicted molar refractivity (Wildman–Crippen MR) is 43.9 cm³/mol. The molecule has 1 fully saturated rings. The van der Waals surface area contributed by atoms with Crippen LogP contribution in [0.5, 0.6) is 0 Å². The lowest BCUT2D eigenvalue weighted by molar-refractivity contribution is -0.292. The van der Waals surface area contributed by atoms with E-state index in [9.17, 15) is 15.3 Å². The predicted octanol–water partition coefficient (Wildman–Crippen LogP) is -1.37. The van der Waals surface area contributed by atoms with Gasteiger partial charge in [0.1, 0.15) is 12.2 Å². The van der Waals surface area contributed by atoms with E-state index in [2.05, 4.69) is 6.58 Å². The summed E-state index contributed by atoms with van der Waals surface area (Å²) in [6.07, 6.45) is -2.37. The van der Waals surface area contributed by atoms with E-state index < -0.39 is 24.1 Å². The molecule has 0 aliphatic carbocycles. The topological polar surface area (TPSA) is 79.2 Å². The standard InChI is InChI=1S/C8H14O5/c1-3-8(11)6(10)5(9)4-13-7(8)12-2/h3,5-7,9-11H,1,4H2,2H3/t5-,6-,7-,8+/m0/s1. The third kappa shape index (κ3) is 1.61. The zero-order chi connectivity index (χ0) is 10.1. The number of hydrogen-bond acceptors (Lipinski definition) is 5. The van der Waals surface area contributed by atoms with E-state index in [0.717, 1.165) is 6.08 Å². The van der Waals surface area contributed by atoms with E-state index in [1.54, 1.807) is 0 Å². The van der Waals surface area contributed by atoms with Crippen LogP contribution in [0.4, 0.5) is 0 Å². The van der Waals surface area contributed by atoms with Crippen LogP contribution < -0.4 is 0 Å². The van der Waals surface area contributed by atoms with Crippen LogP contribution in [0.2, 0.25) is 0 Å². The second-order valence-electron chi connectivity index (χ2n) is 3.00. The Morgan fingerprint density at radius 2 is 2.23 bits per heavy atom. The SMILES string of the molecule is C=C[C@]1(O)[C@@H](OC)OC[C@H](O)[C@@H]1O. The molecule has 0 saturated carbocycles. The zero-order valence-corrected chi connectivity index (χ0v) is 7.38. The van der Waals surface area contributed by atoms with Gasteiger partial charge in [-0.05, 0) is 0 Å². The first kappa shape index (κ1) is 10.6. The van der Waals surface area contributed by atoms with Crippen LogP contribution in [0.1, 0.15) is 0 Å². The molecule has 0 bridgehead atoms. The van der Waals surface area contributed by atoms with Crippen molar-refractivity contribution in [2.24, 2.45) is 0 Å². The van der Waals surface area contributed by atoms with Gasteiger partial charge in [0.05, 0.1) is 6.61 Å². The first-order valence-electron chi connectivity index (χ1n) is 3.92. The van der Waals surface area contributed by atoms with E-state index in [0.29, 0.717) is 0 Å². The molecule has 1 aliphatic heterocycles. The van der Waals surface area contributed by atoms with E-state index in [-0.39, 0.29) is 6.61 Å². The minimum absolute atomic E-state index is 0.0736. The van der Waals surface area contributed by atoms with Gasteiger partial charge in [-0.1, -0.05) is 12.7 Å². The van der Waals surface area contributed by atoms with Crippen molar-refractivity contribution in [2.75, 3.05) is 13.7 Å². The molecule has 0 aromatic carbocycles. The second kappa shape index (κ2) is 3.73. The Balaban J connectivity index is 2.87. The lowest BCUT2D eigenvalue weighted by Gasteiger charge is -2.42. The highest BCUT2D eigenvalue weighted by atomic mass is 16.7. The molecule has 3 N–H and O–H groups in total. The highest BCUT2D eigenvalue weighted by Crippen LogP contribution is 2.27. The van der Waals surface area contributed by atoms with E-state index in [1.165, 1.54) is 7.11 Å². The molecule has 13 heavy (non-hydrogen) atoms. The number of rotatable bonds is 2. The summed E-state index contributed by atoms with van der Waals surface area (Å²) in [6.45, 7) is 3.28. The maximum Gasteiger partial charge on any atom is 0.192 e. The summed E-state index contributed by atoms with van der Waals surface area (Å²) in [5.74, 6) is 0. The molecule has 5 nitrogen and oxygen atoms in total. The van der Waals surface area contributed by atoms with Crippen LogP contribution in [0.3, 0.4) is 0 Å². The Bertz CT molecular complexity index is 191. The summed E-state index contributed by atoms with van der Waals surface area (Å²) in [5, 5.41) is 28.5. The van der Waals surface area contributed by atoms with Crippen LogP contribution in [-0.4, -0.2) is 53.1 Å². The van der Waals surface area contributed by atoms with Gasteiger partial charge in [-0.25, -0.2) is 0 Å². The molecular formula is C8H14O5. The molecule has 76 valence electrons. The van der Waals surface area contributed by atoms with E-state index in [4.69, 9.17) is 9.47 Å². The van der Waals surface area contributed by atoms with E-state index in [1.807, 2.05) is 0 Å². The lowest BCUT2D eigenvalue weighted by atomic mass is 9.90. The van der Waals surface area contributed by atoms with Crippen molar-refractivity contribution in [3.63, 3.8) is 0 Å². The molecule has 0 spiro atoms. The van der Waals surface area contributed by atoms with Gasteiger partial charge < -0.3 is 24.8 Å². The average molecular weight is 190 g/mol. The maximum absolute atomic E-state index is 9.80. The molecule has 0 aromatic rings. The lowest BCUT2D eigenvalue weighted by Crippen LogP contribution is -2.62. The first-order chi connectivity index (χ1) is 6.06. The molecule has 1 heterocycles. The van der Waals surface area contributed by atoms with Gasteiger partial charge in [0.25, 0.3) is 0 Å². The molecule has 0 radical (unpaired) electrons. The van der Waals surface area contributed by atoms with Crippen LogP contribution in [0.25, 0.3) is 0 Å². The molecule has 0 amide bonds. The fourth-order valence-electron chi connectivity index (χ4n) is 1.33. The highest BCUT2D eigenvalue weighted by molar-refractivity contribution is 5.08. The fourth-order valence-corrected chi connectivity index (χ4v) is 1.33. The molecule has 0 aromatic heterocycles. The number of ether oxygens (including phenoxy) is 2. The first-order valence-corrected chi connectivity index (χ1v) is 3.92. The monoisotopic (exact) mass is 190 g/mol. The minimum atomic E-state index is -1.76. The Kier molecular flexibility index (Phi) is 3.05. The van der Waals surface area contributed by atoms with Gasteiger partial charge in [-0.15, -0.1) is 0 Å². The van der Waals surface area contributed by atoms with E-state index >= 15 is 0 Å². The Morgan fingerprint density at radius 3 is 2.69 bits per heavy atom. The zero-order valence-electron chi connectivity index (χ0n) is 7.38. The van der Waals surface area contributed by atoms with Crippen molar-refractivity contribution in [3.05, 3.63) is 12.7 Å². The van der Waals surface area contributed by atoms with Crippen molar-refractivity contribution in [3.8, 4) is 0 Å². The number of aliphatic hydroxyl groups is 3. The minimum Gasteiger partial charge on any atom is -0.388 e. The molecule has 1 rings (SSSR count). The Hall–Kier alpha value is -0.460. The molecule has 0 unspecified atom stereocenters. The Morgan fingerprint density at radius 1 is 1.62 bits per heavy atom. The third-order valence-corrected chi connectivity index (χ3v) is 2.18. The summed E-state index contributed by atoms with van der Waals surface area (Å²) < 4.78 is 9.76. The van der Waals surface area contributed by atoms with Gasteiger partial charge in [0.15, 0.2) is 11.9 Å². The Labute approximate surface area is 76.2 Å². The average Bonchev–Trinajstić information content (AvgIpc) is 2.15.